The molecule has 1 aliphatic rings. The summed E-state index contributed by atoms with van der Waals surface area (Å²) in [6.07, 6.45) is 0. The van der Waals surface area contributed by atoms with E-state index in [1.165, 1.54) is 0 Å². The van der Waals surface area contributed by atoms with Crippen LogP contribution in [-0.2, 0) is 11.6 Å². The van der Waals surface area contributed by atoms with E-state index in [-0.39, 0.29) is 11.3 Å². The summed E-state index contributed by atoms with van der Waals surface area (Å²) in [4.78, 5) is 11.0. The van der Waals surface area contributed by atoms with Crippen molar-refractivity contribution in [2.75, 3.05) is 0 Å². The lowest BCUT2D eigenvalue weighted by atomic mass is 9.84. The summed E-state index contributed by atoms with van der Waals surface area (Å²) in [5.74, 6) is -7.66. The molecule has 7 heteroatoms. The second kappa shape index (κ2) is 5.43. The van der Waals surface area contributed by atoms with Gasteiger partial charge in [0.2, 0.25) is 5.76 Å². The third-order valence-corrected chi connectivity index (χ3v) is 4.34. The number of aliphatic hydroxyl groups is 3. The minimum atomic E-state index is -3.00. The Morgan fingerprint density at radius 1 is 0.962 bits per heavy atom. The summed E-state index contributed by atoms with van der Waals surface area (Å²) >= 11 is 0. The number of rotatable bonds is 4. The van der Waals surface area contributed by atoms with E-state index in [4.69, 9.17) is 14.3 Å². The van der Waals surface area contributed by atoms with E-state index in [2.05, 4.69) is 0 Å². The van der Waals surface area contributed by atoms with Gasteiger partial charge in [-0.3, -0.25) is 0 Å². The maximum Gasteiger partial charge on any atom is 0.371 e. The fourth-order valence-electron chi connectivity index (χ4n) is 3.04. The Kier molecular flexibility index (Phi) is 3.42. The molecule has 1 atom stereocenters. The second-order valence-electron chi connectivity index (χ2n) is 5.93. The molecule has 0 spiro atoms. The van der Waals surface area contributed by atoms with Crippen LogP contribution < -0.4 is 4.74 Å². The Balaban J connectivity index is 1.83. The fourth-order valence-corrected chi connectivity index (χ4v) is 3.04. The molecule has 4 N–H and O–H groups in total. The highest BCUT2D eigenvalue weighted by Gasteiger charge is 2.63. The number of carbonyl (C=O) groups is 1. The van der Waals surface area contributed by atoms with Gasteiger partial charge in [-0.15, -0.1) is 0 Å². The van der Waals surface area contributed by atoms with E-state index in [9.17, 15) is 20.1 Å². The normalized spacial score (nSPS) is 18.6. The van der Waals surface area contributed by atoms with Crippen LogP contribution in [-0.4, -0.2) is 26.4 Å². The van der Waals surface area contributed by atoms with E-state index in [1.807, 2.05) is 18.2 Å². The number of ether oxygens (including phenoxy) is 1. The number of aromatic carboxylic acids is 1. The van der Waals surface area contributed by atoms with Crippen molar-refractivity contribution in [3.05, 3.63) is 77.7 Å². The Hall–Kier alpha value is -3.13. The first-order valence-electron chi connectivity index (χ1n) is 7.73. The van der Waals surface area contributed by atoms with Crippen molar-refractivity contribution < 1.29 is 34.4 Å². The van der Waals surface area contributed by atoms with Crippen LogP contribution in [0.25, 0.3) is 11.1 Å². The highest BCUT2D eigenvalue weighted by molar-refractivity contribution is 5.84. The lowest BCUT2D eigenvalue weighted by Crippen LogP contribution is -2.58. The van der Waals surface area contributed by atoms with Crippen molar-refractivity contribution in [3.8, 4) is 16.9 Å². The van der Waals surface area contributed by atoms with Crippen LogP contribution in [0.1, 0.15) is 21.9 Å². The monoisotopic (exact) mass is 354 g/mol. The first-order chi connectivity index (χ1) is 12.3. The van der Waals surface area contributed by atoms with Crippen LogP contribution in [0.3, 0.4) is 0 Å². The van der Waals surface area contributed by atoms with Crippen molar-refractivity contribution >= 4 is 5.97 Å². The Labute approximate surface area is 147 Å². The first-order valence-corrected chi connectivity index (χ1v) is 7.73. The van der Waals surface area contributed by atoms with Crippen LogP contribution in [0.15, 0.2) is 65.1 Å². The predicted octanol–water partition coefficient (Wildman–Crippen LogP) is 2.02. The molecule has 3 aromatic rings. The van der Waals surface area contributed by atoms with Gasteiger partial charge < -0.3 is 29.6 Å². The molecule has 1 aliphatic heterocycles. The van der Waals surface area contributed by atoms with E-state index in [1.54, 1.807) is 30.3 Å². The molecule has 7 nitrogen and oxygen atoms in total. The van der Waals surface area contributed by atoms with Crippen molar-refractivity contribution in [2.45, 2.75) is 11.6 Å². The Morgan fingerprint density at radius 3 is 2.35 bits per heavy atom. The van der Waals surface area contributed by atoms with Crippen molar-refractivity contribution in [3.63, 3.8) is 0 Å². The molecule has 0 saturated heterocycles. The van der Waals surface area contributed by atoms with Gasteiger partial charge in [0.05, 0.1) is 5.56 Å². The van der Waals surface area contributed by atoms with Gasteiger partial charge in [-0.25, -0.2) is 4.79 Å². The number of furan rings is 1. The Bertz CT molecular complexity index is 990. The van der Waals surface area contributed by atoms with E-state index < -0.39 is 29.1 Å². The smallest absolute Gasteiger partial charge is 0.371 e. The van der Waals surface area contributed by atoms with Crippen molar-refractivity contribution in [1.29, 1.82) is 0 Å². The molecule has 2 aromatic carbocycles. The predicted molar refractivity (Wildman–Crippen MR) is 88.2 cm³/mol. The van der Waals surface area contributed by atoms with E-state index >= 15 is 0 Å². The maximum atomic E-state index is 11.0. The molecule has 0 fully saturated rings. The molecule has 4 rings (SSSR count). The van der Waals surface area contributed by atoms with E-state index in [0.717, 1.165) is 17.7 Å². The molecule has 132 valence electrons. The number of fused-ring (bicyclic) bond motifs is 1. The van der Waals surface area contributed by atoms with Gasteiger partial charge >= 0.3 is 11.8 Å². The highest BCUT2D eigenvalue weighted by atomic mass is 16.7. The summed E-state index contributed by atoms with van der Waals surface area (Å²) in [7, 11) is 0. The van der Waals surface area contributed by atoms with Gasteiger partial charge in [-0.2, -0.15) is 0 Å². The number of benzene rings is 2. The van der Waals surface area contributed by atoms with Gasteiger partial charge in [-0.05, 0) is 29.3 Å². The quantitative estimate of drug-likeness (QED) is 0.529. The number of carboxylic acid groups (broad SMARTS) is 1. The molecule has 0 saturated carbocycles. The zero-order valence-corrected chi connectivity index (χ0v) is 13.3. The zero-order valence-electron chi connectivity index (χ0n) is 13.3. The van der Waals surface area contributed by atoms with Crippen molar-refractivity contribution in [1.82, 2.24) is 0 Å². The van der Waals surface area contributed by atoms with Crippen LogP contribution in [0.4, 0.5) is 0 Å². The molecule has 0 aliphatic carbocycles. The third kappa shape index (κ3) is 2.15. The van der Waals surface area contributed by atoms with Crippen LogP contribution >= 0.6 is 0 Å². The highest BCUT2D eigenvalue weighted by Crippen LogP contribution is 2.54. The number of hydrogen-bond acceptors (Lipinski definition) is 6. The largest absolute Gasteiger partial charge is 0.475 e. The van der Waals surface area contributed by atoms with Gasteiger partial charge in [0.25, 0.3) is 5.79 Å². The maximum absolute atomic E-state index is 11.0. The lowest BCUT2D eigenvalue weighted by molar-refractivity contribution is -0.385. The van der Waals surface area contributed by atoms with Gasteiger partial charge in [0, 0.05) is 0 Å². The topological polar surface area (TPSA) is 120 Å². The fraction of sp³-hybridized carbons (Fsp3) is 0.105. The first kappa shape index (κ1) is 16.3. The molecule has 0 amide bonds. The summed E-state index contributed by atoms with van der Waals surface area (Å²) in [6.45, 7) is 0. The molecular formula is C19H14O7. The SMILES string of the molecule is O=C(O)c1ccc(C(O)(O)C2(O)Oc3cccc(-c4ccccc4)c32)o1. The molecule has 26 heavy (non-hydrogen) atoms. The summed E-state index contributed by atoms with van der Waals surface area (Å²) in [5, 5.41) is 41.0. The van der Waals surface area contributed by atoms with Crippen molar-refractivity contribution in [2.24, 2.45) is 0 Å². The van der Waals surface area contributed by atoms with Crippen LogP contribution in [0.5, 0.6) is 5.75 Å². The molecule has 1 unspecified atom stereocenters. The minimum absolute atomic E-state index is 0.171. The summed E-state index contributed by atoms with van der Waals surface area (Å²) in [6, 6.07) is 16.2. The molecular weight excluding hydrogens is 340 g/mol. The number of hydrogen-bond donors (Lipinski definition) is 4. The average Bonchev–Trinajstić information content (AvgIpc) is 3.12. The third-order valence-electron chi connectivity index (χ3n) is 4.34. The van der Waals surface area contributed by atoms with Crippen LogP contribution in [0.2, 0.25) is 0 Å². The van der Waals surface area contributed by atoms with Crippen LogP contribution in [0, 0.1) is 0 Å². The summed E-state index contributed by atoms with van der Waals surface area (Å²) < 4.78 is 10.2. The molecule has 0 radical (unpaired) electrons. The van der Waals surface area contributed by atoms with Gasteiger partial charge in [0.15, 0.2) is 5.76 Å². The molecule has 2 heterocycles. The standard InChI is InChI=1S/C19H14O7/c20-17(21)14-9-10-15(25-14)18(22,23)19(24)16-12(7-4-8-13(16)26-19)11-5-2-1-3-6-11/h1-10,22-24H,(H,20,21). The minimum Gasteiger partial charge on any atom is -0.475 e. The average molecular weight is 354 g/mol. The second-order valence-corrected chi connectivity index (χ2v) is 5.93. The van der Waals surface area contributed by atoms with E-state index in [0.29, 0.717) is 5.56 Å². The summed E-state index contributed by atoms with van der Waals surface area (Å²) in [5.41, 5.74) is 1.46. The molecule has 0 bridgehead atoms. The number of carboxylic acids is 1. The zero-order chi connectivity index (χ0) is 18.5. The lowest BCUT2D eigenvalue weighted by Gasteiger charge is -2.46. The van der Waals surface area contributed by atoms with Gasteiger partial charge in [0.1, 0.15) is 5.75 Å². The Morgan fingerprint density at radius 2 is 1.69 bits per heavy atom. The molecule has 1 aromatic heterocycles. The van der Waals surface area contributed by atoms with Gasteiger partial charge in [-0.1, -0.05) is 42.5 Å².